The van der Waals surface area contributed by atoms with Gasteiger partial charge in [-0.3, -0.25) is 9.59 Å². The van der Waals surface area contributed by atoms with Crippen LogP contribution >= 0.6 is 12.4 Å². The van der Waals surface area contributed by atoms with Crippen molar-refractivity contribution in [2.75, 3.05) is 26.2 Å². The maximum atomic E-state index is 13.1. The summed E-state index contributed by atoms with van der Waals surface area (Å²) in [5, 5.41) is 9.04. The molecule has 3 N–H and O–H groups in total. The number of hydrogen-bond acceptors (Lipinski definition) is 3. The number of carbonyl (C=O) groups is 2. The Kier molecular flexibility index (Phi) is 6.79. The minimum Gasteiger partial charge on any atom is -0.356 e. The SMILES string of the molecule is Cl.O=C(NCCCNC(=O)C1CC12CCNCC2)c1cccc(F)c1. The van der Waals surface area contributed by atoms with E-state index in [1.165, 1.54) is 18.2 Å². The highest BCUT2D eigenvalue weighted by Gasteiger charge is 2.57. The molecular formula is C18H25ClFN3O2. The van der Waals surface area contributed by atoms with Crippen LogP contribution in [0.1, 0.15) is 36.0 Å². The molecule has 1 aromatic rings. The third-order valence-corrected chi connectivity index (χ3v) is 5.13. The molecule has 0 radical (unpaired) electrons. The highest BCUT2D eigenvalue weighted by molar-refractivity contribution is 5.94. The molecule has 1 saturated carbocycles. The normalized spacial score (nSPS) is 20.4. The van der Waals surface area contributed by atoms with Crippen LogP contribution in [-0.4, -0.2) is 38.0 Å². The molecule has 1 heterocycles. The largest absolute Gasteiger partial charge is 0.356 e. The first-order valence-electron chi connectivity index (χ1n) is 8.63. The fourth-order valence-corrected chi connectivity index (χ4v) is 3.55. The Balaban J connectivity index is 0.00000225. The van der Waals surface area contributed by atoms with Gasteiger partial charge >= 0.3 is 0 Å². The van der Waals surface area contributed by atoms with Gasteiger partial charge in [0.15, 0.2) is 0 Å². The molecule has 1 aliphatic carbocycles. The van der Waals surface area contributed by atoms with Crippen molar-refractivity contribution in [3.05, 3.63) is 35.6 Å². The summed E-state index contributed by atoms with van der Waals surface area (Å²) < 4.78 is 13.1. The van der Waals surface area contributed by atoms with Crippen LogP contribution in [-0.2, 0) is 4.79 Å². The Hall–Kier alpha value is -1.66. The van der Waals surface area contributed by atoms with Gasteiger partial charge in [0, 0.05) is 24.6 Å². The molecule has 7 heteroatoms. The van der Waals surface area contributed by atoms with Crippen LogP contribution < -0.4 is 16.0 Å². The van der Waals surface area contributed by atoms with Crippen LogP contribution in [0.5, 0.6) is 0 Å². The zero-order chi connectivity index (χ0) is 17.0. The zero-order valence-electron chi connectivity index (χ0n) is 14.1. The summed E-state index contributed by atoms with van der Waals surface area (Å²) in [4.78, 5) is 24.0. The first kappa shape index (κ1) is 19.7. The number of piperidine rings is 1. The van der Waals surface area contributed by atoms with Crippen molar-refractivity contribution in [1.82, 2.24) is 16.0 Å². The van der Waals surface area contributed by atoms with E-state index < -0.39 is 5.82 Å². The Morgan fingerprint density at radius 1 is 1.20 bits per heavy atom. The summed E-state index contributed by atoms with van der Waals surface area (Å²) in [5.41, 5.74) is 0.561. The lowest BCUT2D eigenvalue weighted by atomic mass is 9.92. The van der Waals surface area contributed by atoms with E-state index in [-0.39, 0.29) is 35.6 Å². The predicted octanol–water partition coefficient (Wildman–Crippen LogP) is 1.87. The number of nitrogens with one attached hydrogen (secondary N) is 3. The lowest BCUT2D eigenvalue weighted by Crippen LogP contribution is -2.34. The second-order valence-electron chi connectivity index (χ2n) is 6.78. The highest BCUT2D eigenvalue weighted by atomic mass is 35.5. The molecule has 1 aromatic carbocycles. The Bertz CT molecular complexity index is 620. The molecule has 0 aromatic heterocycles. The summed E-state index contributed by atoms with van der Waals surface area (Å²) in [6.45, 7) is 3.02. The van der Waals surface area contributed by atoms with Crippen LogP contribution in [0.15, 0.2) is 24.3 Å². The van der Waals surface area contributed by atoms with Gasteiger partial charge in [0.2, 0.25) is 5.91 Å². The molecular weight excluding hydrogens is 345 g/mol. The van der Waals surface area contributed by atoms with Crippen molar-refractivity contribution >= 4 is 24.2 Å². The topological polar surface area (TPSA) is 70.2 Å². The van der Waals surface area contributed by atoms with E-state index in [1.807, 2.05) is 0 Å². The number of halogens is 2. The van der Waals surface area contributed by atoms with Crippen LogP contribution in [0.2, 0.25) is 0 Å². The van der Waals surface area contributed by atoms with Gasteiger partial charge in [-0.05, 0) is 62.4 Å². The van der Waals surface area contributed by atoms with Crippen molar-refractivity contribution in [1.29, 1.82) is 0 Å². The number of hydrogen-bond donors (Lipinski definition) is 3. The van der Waals surface area contributed by atoms with Gasteiger partial charge in [0.25, 0.3) is 5.91 Å². The summed E-state index contributed by atoms with van der Waals surface area (Å²) in [6.07, 6.45) is 3.86. The smallest absolute Gasteiger partial charge is 0.251 e. The molecule has 25 heavy (non-hydrogen) atoms. The fraction of sp³-hybridized carbons (Fsp3) is 0.556. The van der Waals surface area contributed by atoms with Crippen molar-refractivity contribution in [2.45, 2.75) is 25.7 Å². The average Bonchev–Trinajstić information content (AvgIpc) is 3.28. The third kappa shape index (κ3) is 4.92. The molecule has 138 valence electrons. The molecule has 3 rings (SSSR count). The van der Waals surface area contributed by atoms with Gasteiger partial charge in [-0.15, -0.1) is 12.4 Å². The molecule has 1 aliphatic heterocycles. The first-order valence-corrected chi connectivity index (χ1v) is 8.63. The van der Waals surface area contributed by atoms with Gasteiger partial charge in [-0.2, -0.15) is 0 Å². The van der Waals surface area contributed by atoms with Crippen LogP contribution in [0, 0.1) is 17.2 Å². The van der Waals surface area contributed by atoms with E-state index in [4.69, 9.17) is 0 Å². The minimum atomic E-state index is -0.425. The van der Waals surface area contributed by atoms with Crippen LogP contribution in [0.25, 0.3) is 0 Å². The molecule has 1 unspecified atom stereocenters. The number of rotatable bonds is 6. The van der Waals surface area contributed by atoms with E-state index in [9.17, 15) is 14.0 Å². The van der Waals surface area contributed by atoms with Crippen molar-refractivity contribution in [3.8, 4) is 0 Å². The molecule has 1 saturated heterocycles. The van der Waals surface area contributed by atoms with Crippen molar-refractivity contribution in [2.24, 2.45) is 11.3 Å². The monoisotopic (exact) mass is 369 g/mol. The van der Waals surface area contributed by atoms with Crippen LogP contribution in [0.3, 0.4) is 0 Å². The molecule has 1 atom stereocenters. The second kappa shape index (κ2) is 8.63. The third-order valence-electron chi connectivity index (χ3n) is 5.13. The van der Waals surface area contributed by atoms with Crippen LogP contribution in [0.4, 0.5) is 4.39 Å². The Morgan fingerprint density at radius 2 is 1.92 bits per heavy atom. The van der Waals surface area contributed by atoms with E-state index in [2.05, 4.69) is 16.0 Å². The zero-order valence-corrected chi connectivity index (χ0v) is 15.0. The van der Waals surface area contributed by atoms with Gasteiger partial charge in [-0.1, -0.05) is 6.07 Å². The minimum absolute atomic E-state index is 0. The summed E-state index contributed by atoms with van der Waals surface area (Å²) >= 11 is 0. The molecule has 2 fully saturated rings. The van der Waals surface area contributed by atoms with Crippen molar-refractivity contribution < 1.29 is 14.0 Å². The highest BCUT2D eigenvalue weighted by Crippen LogP contribution is 2.58. The molecule has 2 amide bonds. The predicted molar refractivity (Wildman–Crippen MR) is 96.3 cm³/mol. The summed E-state index contributed by atoms with van der Waals surface area (Å²) in [6, 6.07) is 5.60. The van der Waals surface area contributed by atoms with E-state index in [0.29, 0.717) is 25.1 Å². The number of benzene rings is 1. The number of amides is 2. The summed E-state index contributed by atoms with van der Waals surface area (Å²) in [5.74, 6) is -0.405. The van der Waals surface area contributed by atoms with Gasteiger partial charge < -0.3 is 16.0 Å². The summed E-state index contributed by atoms with van der Waals surface area (Å²) in [7, 11) is 0. The van der Waals surface area contributed by atoms with Gasteiger partial charge in [0.1, 0.15) is 5.82 Å². The molecule has 5 nitrogen and oxygen atoms in total. The maximum absolute atomic E-state index is 13.1. The quantitative estimate of drug-likeness (QED) is 0.670. The van der Waals surface area contributed by atoms with Gasteiger partial charge in [0.05, 0.1) is 0 Å². The first-order chi connectivity index (χ1) is 11.6. The Morgan fingerprint density at radius 3 is 2.64 bits per heavy atom. The standard InChI is InChI=1S/C18H24FN3O2.ClH/c19-14-4-1-3-13(11-14)16(23)21-7-2-8-22-17(24)15-12-18(15)5-9-20-10-6-18;/h1,3-4,11,15,20H,2,5-10,12H2,(H,21,23)(H,22,24);1H. The van der Waals surface area contributed by atoms with E-state index in [1.54, 1.807) is 6.07 Å². The van der Waals surface area contributed by atoms with E-state index in [0.717, 1.165) is 32.4 Å². The van der Waals surface area contributed by atoms with E-state index >= 15 is 0 Å². The van der Waals surface area contributed by atoms with Crippen molar-refractivity contribution in [3.63, 3.8) is 0 Å². The number of carbonyl (C=O) groups excluding carboxylic acids is 2. The Labute approximate surface area is 153 Å². The molecule has 1 spiro atoms. The lowest BCUT2D eigenvalue weighted by molar-refractivity contribution is -0.123. The average molecular weight is 370 g/mol. The fourth-order valence-electron chi connectivity index (χ4n) is 3.55. The maximum Gasteiger partial charge on any atom is 0.251 e. The lowest BCUT2D eigenvalue weighted by Gasteiger charge is -2.23. The molecule has 2 aliphatic rings. The molecule has 0 bridgehead atoms. The second-order valence-corrected chi connectivity index (χ2v) is 6.78. The van der Waals surface area contributed by atoms with Gasteiger partial charge in [-0.25, -0.2) is 4.39 Å².